The predicted molar refractivity (Wildman–Crippen MR) is 76.3 cm³/mol. The first kappa shape index (κ1) is 15.3. The summed E-state index contributed by atoms with van der Waals surface area (Å²) in [5, 5.41) is 11.7. The molecule has 0 spiro atoms. The van der Waals surface area contributed by atoms with Crippen LogP contribution in [0.5, 0.6) is 0 Å². The largest absolute Gasteiger partial charge is 0.384 e. The van der Waals surface area contributed by atoms with Gasteiger partial charge < -0.3 is 10.4 Å². The zero-order chi connectivity index (χ0) is 14.3. The van der Waals surface area contributed by atoms with E-state index in [0.29, 0.717) is 12.5 Å². The molecule has 1 aromatic rings. The highest BCUT2D eigenvalue weighted by atomic mass is 16.2. The van der Waals surface area contributed by atoms with E-state index < -0.39 is 0 Å². The van der Waals surface area contributed by atoms with Gasteiger partial charge >= 0.3 is 0 Å². The average Bonchev–Trinajstić information content (AvgIpc) is 2.42. The van der Waals surface area contributed by atoms with E-state index in [1.165, 1.54) is 0 Å². The molecule has 1 rings (SSSR count). The molecule has 0 aliphatic rings. The number of rotatable bonds is 4. The van der Waals surface area contributed by atoms with Gasteiger partial charge in [0.2, 0.25) is 5.91 Å². The minimum Gasteiger partial charge on any atom is -0.384 e. The Morgan fingerprint density at radius 2 is 2.00 bits per heavy atom. The van der Waals surface area contributed by atoms with Crippen LogP contribution in [0.15, 0.2) is 24.3 Å². The number of carbonyl (C=O) groups is 1. The summed E-state index contributed by atoms with van der Waals surface area (Å²) in [6.45, 7) is 6.30. The minimum absolute atomic E-state index is 0.00399. The molecule has 0 heterocycles. The Hall–Kier alpha value is -1.79. The van der Waals surface area contributed by atoms with Crippen molar-refractivity contribution in [1.29, 1.82) is 0 Å². The van der Waals surface area contributed by atoms with Gasteiger partial charge in [-0.1, -0.05) is 50.8 Å². The lowest BCUT2D eigenvalue weighted by Gasteiger charge is -2.15. The summed E-state index contributed by atoms with van der Waals surface area (Å²) >= 11 is 0. The molecule has 102 valence electrons. The molecule has 0 saturated heterocycles. The second kappa shape index (κ2) is 7.60. The number of carbonyl (C=O) groups excluding carboxylic acids is 1. The normalized spacial score (nSPS) is 11.6. The second-order valence-electron chi connectivity index (χ2n) is 4.87. The molecule has 2 N–H and O–H groups in total. The molecule has 0 saturated carbocycles. The summed E-state index contributed by atoms with van der Waals surface area (Å²) in [7, 11) is 0. The lowest BCUT2D eigenvalue weighted by atomic mass is 9.97. The Labute approximate surface area is 115 Å². The molecule has 1 unspecified atom stereocenters. The van der Waals surface area contributed by atoms with Crippen molar-refractivity contribution in [3.8, 4) is 11.8 Å². The molecule has 1 atom stereocenters. The van der Waals surface area contributed by atoms with Crippen LogP contribution in [0.3, 0.4) is 0 Å². The summed E-state index contributed by atoms with van der Waals surface area (Å²) in [6.07, 6.45) is 0. The molecule has 0 radical (unpaired) electrons. The van der Waals surface area contributed by atoms with Crippen molar-refractivity contribution in [3.63, 3.8) is 0 Å². The fourth-order valence-corrected chi connectivity index (χ4v) is 1.58. The number of hydrogen-bond donors (Lipinski definition) is 2. The van der Waals surface area contributed by atoms with Crippen molar-refractivity contribution in [2.75, 3.05) is 6.61 Å². The maximum absolute atomic E-state index is 11.9. The van der Waals surface area contributed by atoms with Crippen LogP contribution in [-0.2, 0) is 11.3 Å². The number of aliphatic hydroxyl groups is 1. The lowest BCUT2D eigenvalue weighted by Crippen LogP contribution is -2.31. The van der Waals surface area contributed by atoms with E-state index >= 15 is 0 Å². The van der Waals surface area contributed by atoms with E-state index in [1.54, 1.807) is 0 Å². The van der Waals surface area contributed by atoms with Crippen LogP contribution in [0.25, 0.3) is 0 Å². The van der Waals surface area contributed by atoms with Crippen molar-refractivity contribution < 1.29 is 9.90 Å². The average molecular weight is 259 g/mol. The van der Waals surface area contributed by atoms with Gasteiger partial charge in [0.1, 0.15) is 6.61 Å². The van der Waals surface area contributed by atoms with Crippen molar-refractivity contribution in [3.05, 3.63) is 35.4 Å². The molecule has 0 aliphatic heterocycles. The third-order valence-corrected chi connectivity index (χ3v) is 3.19. The summed E-state index contributed by atoms with van der Waals surface area (Å²) in [6, 6.07) is 7.62. The molecule has 1 amide bonds. The Kier molecular flexibility index (Phi) is 6.11. The van der Waals surface area contributed by atoms with Crippen LogP contribution in [0.2, 0.25) is 0 Å². The molecular weight excluding hydrogens is 238 g/mol. The fourth-order valence-electron chi connectivity index (χ4n) is 1.58. The maximum Gasteiger partial charge on any atom is 0.223 e. The van der Waals surface area contributed by atoms with E-state index in [-0.39, 0.29) is 18.4 Å². The lowest BCUT2D eigenvalue weighted by molar-refractivity contribution is -0.125. The van der Waals surface area contributed by atoms with Gasteiger partial charge in [0.05, 0.1) is 0 Å². The second-order valence-corrected chi connectivity index (χ2v) is 4.87. The first-order valence-electron chi connectivity index (χ1n) is 6.51. The third-order valence-electron chi connectivity index (χ3n) is 3.19. The molecule has 0 aromatic heterocycles. The number of hydrogen-bond acceptors (Lipinski definition) is 2. The number of amides is 1. The van der Waals surface area contributed by atoms with E-state index in [4.69, 9.17) is 5.11 Å². The van der Waals surface area contributed by atoms with Gasteiger partial charge in [0, 0.05) is 18.0 Å². The minimum atomic E-state index is -0.162. The molecule has 0 fully saturated rings. The van der Waals surface area contributed by atoms with Gasteiger partial charge in [-0.25, -0.2) is 0 Å². The summed E-state index contributed by atoms with van der Waals surface area (Å²) in [5.41, 5.74) is 1.81. The van der Waals surface area contributed by atoms with Crippen molar-refractivity contribution in [2.24, 2.45) is 11.8 Å². The van der Waals surface area contributed by atoms with Crippen molar-refractivity contribution in [1.82, 2.24) is 5.32 Å². The Balaban J connectivity index is 2.70. The number of benzene rings is 1. The highest BCUT2D eigenvalue weighted by Crippen LogP contribution is 2.11. The predicted octanol–water partition coefficient (Wildman–Crippen LogP) is 1.94. The van der Waals surface area contributed by atoms with Crippen LogP contribution in [0.1, 0.15) is 31.9 Å². The van der Waals surface area contributed by atoms with Crippen LogP contribution in [-0.4, -0.2) is 17.6 Å². The first-order valence-corrected chi connectivity index (χ1v) is 6.51. The van der Waals surface area contributed by atoms with E-state index in [0.717, 1.165) is 11.1 Å². The van der Waals surface area contributed by atoms with Gasteiger partial charge in [0.25, 0.3) is 0 Å². The monoisotopic (exact) mass is 259 g/mol. The topological polar surface area (TPSA) is 49.3 Å². The summed E-state index contributed by atoms with van der Waals surface area (Å²) < 4.78 is 0. The Morgan fingerprint density at radius 3 is 2.63 bits per heavy atom. The van der Waals surface area contributed by atoms with Crippen molar-refractivity contribution in [2.45, 2.75) is 27.3 Å². The number of nitrogens with one attached hydrogen (secondary N) is 1. The molecule has 0 bridgehead atoms. The van der Waals surface area contributed by atoms with E-state index in [1.807, 2.05) is 45.0 Å². The molecule has 19 heavy (non-hydrogen) atoms. The Bertz CT molecular complexity index is 483. The smallest absolute Gasteiger partial charge is 0.223 e. The molecular formula is C16H21NO2. The number of aliphatic hydroxyl groups excluding tert-OH is 1. The quantitative estimate of drug-likeness (QED) is 0.812. The summed E-state index contributed by atoms with van der Waals surface area (Å²) in [5.74, 6) is 5.89. The zero-order valence-corrected chi connectivity index (χ0v) is 11.7. The van der Waals surface area contributed by atoms with Crippen molar-refractivity contribution >= 4 is 5.91 Å². The third kappa shape index (κ3) is 4.76. The van der Waals surface area contributed by atoms with Gasteiger partial charge in [-0.2, -0.15) is 0 Å². The fraction of sp³-hybridized carbons (Fsp3) is 0.438. The zero-order valence-electron chi connectivity index (χ0n) is 11.7. The molecule has 0 aliphatic carbocycles. The highest BCUT2D eigenvalue weighted by Gasteiger charge is 2.16. The first-order chi connectivity index (χ1) is 9.06. The van der Waals surface area contributed by atoms with Gasteiger partial charge in [-0.3, -0.25) is 4.79 Å². The van der Waals surface area contributed by atoms with Gasteiger partial charge in [0.15, 0.2) is 0 Å². The van der Waals surface area contributed by atoms with E-state index in [9.17, 15) is 4.79 Å². The van der Waals surface area contributed by atoms with Crippen LogP contribution < -0.4 is 5.32 Å². The molecule has 3 heteroatoms. The van der Waals surface area contributed by atoms with Gasteiger partial charge in [-0.05, 0) is 17.5 Å². The molecule has 3 nitrogen and oxygen atoms in total. The van der Waals surface area contributed by atoms with Crippen LogP contribution in [0, 0.1) is 23.7 Å². The van der Waals surface area contributed by atoms with Crippen LogP contribution in [0.4, 0.5) is 0 Å². The van der Waals surface area contributed by atoms with Gasteiger partial charge in [-0.15, -0.1) is 0 Å². The highest BCUT2D eigenvalue weighted by molar-refractivity contribution is 5.78. The molecule has 1 aromatic carbocycles. The maximum atomic E-state index is 11.9. The van der Waals surface area contributed by atoms with E-state index in [2.05, 4.69) is 17.2 Å². The standard InChI is InChI=1S/C16H21NO2/c1-12(2)13(3)16(19)17-11-15-8-5-4-7-14(15)9-6-10-18/h4-5,7-8,12-13,18H,10-11H2,1-3H3,(H,17,19). The SMILES string of the molecule is CC(C)C(C)C(=O)NCc1ccccc1C#CCO. The Morgan fingerprint density at radius 1 is 1.32 bits per heavy atom. The summed E-state index contributed by atoms with van der Waals surface area (Å²) in [4.78, 5) is 11.9. The van der Waals surface area contributed by atoms with Crippen LogP contribution >= 0.6 is 0 Å².